The van der Waals surface area contributed by atoms with Crippen molar-refractivity contribution in [3.63, 3.8) is 0 Å². The van der Waals surface area contributed by atoms with Gasteiger partial charge in [-0.3, -0.25) is 4.84 Å². The SMILES string of the molecule is NC(=O)NOCCCCCCCCCCCCCC[P+](c1ccccc1)(c1ccccc1)c1ccccc1.O=C([O-])C(F)(F)F. The van der Waals surface area contributed by atoms with Crippen molar-refractivity contribution in [2.75, 3.05) is 12.8 Å². The quantitative estimate of drug-likeness (QED) is 0.0875. The lowest BCUT2D eigenvalue weighted by molar-refractivity contribution is -0.344. The second-order valence-electron chi connectivity index (χ2n) is 10.9. The van der Waals surface area contributed by atoms with Crippen LogP contribution < -0.4 is 32.2 Å². The van der Waals surface area contributed by atoms with Crippen molar-refractivity contribution in [2.45, 2.75) is 83.2 Å². The Morgan fingerprint density at radius 1 is 0.622 bits per heavy atom. The number of nitrogens with one attached hydrogen (secondary N) is 1. The number of halogens is 3. The third kappa shape index (κ3) is 14.5. The molecule has 0 unspecified atom stereocenters. The number of hydroxylamine groups is 1. The summed E-state index contributed by atoms with van der Waals surface area (Å²) in [4.78, 5) is 24.3. The zero-order valence-corrected chi connectivity index (χ0v) is 26.7. The predicted molar refractivity (Wildman–Crippen MR) is 175 cm³/mol. The van der Waals surface area contributed by atoms with Gasteiger partial charge in [0.15, 0.2) is 0 Å². The average Bonchev–Trinajstić information content (AvgIpc) is 3.04. The van der Waals surface area contributed by atoms with Crippen molar-refractivity contribution in [1.29, 1.82) is 0 Å². The molecule has 0 saturated carbocycles. The van der Waals surface area contributed by atoms with Crippen LogP contribution in [0.25, 0.3) is 0 Å². The van der Waals surface area contributed by atoms with E-state index in [1.807, 2.05) is 0 Å². The first-order valence-electron chi connectivity index (χ1n) is 15.7. The number of carboxylic acids is 1. The number of carbonyl (C=O) groups is 2. The number of alkyl halides is 3. The normalized spacial score (nSPS) is 11.4. The minimum Gasteiger partial charge on any atom is -0.542 e. The van der Waals surface area contributed by atoms with Gasteiger partial charge in [0.1, 0.15) is 29.1 Å². The molecule has 0 radical (unpaired) electrons. The standard InChI is InChI=1S/C33H45N2O2P.C2HF3O2/c34-33(36)35-37-28-20-9-7-5-3-1-2-4-6-8-10-21-29-38(30-22-14-11-15-23-30,31-24-16-12-17-25-31)32-26-18-13-19-27-32;3-2(4,5)1(6)7/h11-19,22-27H,1-10,20-21,28-29H2,(H2-,34,35,36);(H,6,7). The lowest BCUT2D eigenvalue weighted by Crippen LogP contribution is -2.37. The van der Waals surface area contributed by atoms with Crippen molar-refractivity contribution < 1.29 is 32.7 Å². The second-order valence-corrected chi connectivity index (χ2v) is 14.5. The van der Waals surface area contributed by atoms with Gasteiger partial charge in [-0.25, -0.2) is 10.3 Å². The highest BCUT2D eigenvalue weighted by Crippen LogP contribution is 2.56. The summed E-state index contributed by atoms with van der Waals surface area (Å²) in [5, 5.41) is 13.3. The van der Waals surface area contributed by atoms with Gasteiger partial charge in [-0.2, -0.15) is 13.2 Å². The van der Waals surface area contributed by atoms with Crippen LogP contribution in [0, 0.1) is 0 Å². The smallest absolute Gasteiger partial charge is 0.430 e. The van der Waals surface area contributed by atoms with Gasteiger partial charge in [0.2, 0.25) is 0 Å². The lowest BCUT2D eigenvalue weighted by Gasteiger charge is -2.27. The predicted octanol–water partition coefficient (Wildman–Crippen LogP) is 6.56. The first kappa shape index (κ1) is 37.8. The second kappa shape index (κ2) is 21.3. The fraction of sp³-hybridized carbons (Fsp3) is 0.429. The number of nitrogens with two attached hydrogens (primary N) is 1. The van der Waals surface area contributed by atoms with Gasteiger partial charge in [0, 0.05) is 0 Å². The van der Waals surface area contributed by atoms with Gasteiger partial charge < -0.3 is 15.6 Å². The van der Waals surface area contributed by atoms with E-state index in [1.165, 1.54) is 86.3 Å². The highest BCUT2D eigenvalue weighted by Gasteiger charge is 2.44. The summed E-state index contributed by atoms with van der Waals surface area (Å²) in [5.41, 5.74) is 7.11. The minimum atomic E-state index is -5.19. The van der Waals surface area contributed by atoms with Gasteiger partial charge in [-0.1, -0.05) is 112 Å². The van der Waals surface area contributed by atoms with Crippen LogP contribution in [0.1, 0.15) is 77.0 Å². The zero-order chi connectivity index (χ0) is 32.8. The topological polar surface area (TPSA) is 104 Å². The molecule has 3 aromatic rings. The third-order valence-electron chi connectivity index (χ3n) is 7.49. The molecule has 45 heavy (non-hydrogen) atoms. The van der Waals surface area contributed by atoms with Crippen LogP contribution >= 0.6 is 7.26 Å². The highest BCUT2D eigenvalue weighted by atomic mass is 31.2. The van der Waals surface area contributed by atoms with Gasteiger partial charge in [0.05, 0.1) is 12.8 Å². The molecule has 246 valence electrons. The molecule has 0 spiro atoms. The fourth-order valence-electron chi connectivity index (χ4n) is 5.30. The van der Waals surface area contributed by atoms with Crippen LogP contribution in [-0.2, 0) is 9.63 Å². The number of rotatable bonds is 19. The maximum atomic E-state index is 10.5. The number of amides is 2. The molecular formula is C35H46F3N2O4P. The number of aliphatic carboxylic acids is 1. The molecule has 3 rings (SSSR count). The van der Waals surface area contributed by atoms with E-state index >= 15 is 0 Å². The Hall–Kier alpha value is -3.42. The van der Waals surface area contributed by atoms with Crippen molar-refractivity contribution in [2.24, 2.45) is 5.73 Å². The average molecular weight is 647 g/mol. The molecule has 3 N–H and O–H groups in total. The number of hydrogen-bond acceptors (Lipinski definition) is 4. The summed E-state index contributed by atoms with van der Waals surface area (Å²) in [6.45, 7) is 0.536. The maximum Gasteiger partial charge on any atom is 0.430 e. The molecule has 0 aromatic heterocycles. The number of benzene rings is 3. The van der Waals surface area contributed by atoms with Crippen molar-refractivity contribution in [3.05, 3.63) is 91.0 Å². The summed E-state index contributed by atoms with van der Waals surface area (Å²) in [6.07, 6.45) is 11.3. The van der Waals surface area contributed by atoms with Crippen LogP contribution in [0.5, 0.6) is 0 Å². The van der Waals surface area contributed by atoms with Gasteiger partial charge in [-0.15, -0.1) is 0 Å². The van der Waals surface area contributed by atoms with E-state index in [-0.39, 0.29) is 0 Å². The first-order valence-corrected chi connectivity index (χ1v) is 17.7. The van der Waals surface area contributed by atoms with E-state index in [0.717, 1.165) is 12.8 Å². The molecule has 2 amide bonds. The molecule has 0 aliphatic rings. The number of unbranched alkanes of at least 4 members (excludes halogenated alkanes) is 11. The van der Waals surface area contributed by atoms with Crippen LogP contribution in [-0.4, -0.2) is 30.9 Å². The van der Waals surface area contributed by atoms with Gasteiger partial charge in [-0.05, 0) is 55.7 Å². The molecule has 0 heterocycles. The van der Waals surface area contributed by atoms with Crippen LogP contribution in [0.15, 0.2) is 91.0 Å². The van der Waals surface area contributed by atoms with E-state index in [4.69, 9.17) is 20.5 Å². The van der Waals surface area contributed by atoms with Crippen LogP contribution in [0.2, 0.25) is 0 Å². The third-order valence-corrected chi connectivity index (χ3v) is 12.0. The summed E-state index contributed by atoms with van der Waals surface area (Å²) in [7, 11) is -1.68. The van der Waals surface area contributed by atoms with Crippen LogP contribution in [0.4, 0.5) is 18.0 Å². The molecule has 0 atom stereocenters. The van der Waals surface area contributed by atoms with E-state index < -0.39 is 25.4 Å². The first-order chi connectivity index (χ1) is 21.7. The van der Waals surface area contributed by atoms with E-state index in [2.05, 4.69) is 96.5 Å². The van der Waals surface area contributed by atoms with Crippen molar-refractivity contribution >= 4 is 35.2 Å². The summed E-state index contributed by atoms with van der Waals surface area (Å²) >= 11 is 0. The summed E-state index contributed by atoms with van der Waals surface area (Å²) < 4.78 is 31.5. The molecule has 0 bridgehead atoms. The minimum absolute atomic E-state index is 0.536. The Labute approximate surface area is 265 Å². The number of urea groups is 1. The number of primary amides is 1. The number of carboxylic acid groups (broad SMARTS) is 1. The van der Waals surface area contributed by atoms with Crippen molar-refractivity contribution in [3.8, 4) is 0 Å². The van der Waals surface area contributed by atoms with Crippen molar-refractivity contribution in [1.82, 2.24) is 5.48 Å². The molecule has 0 aliphatic heterocycles. The zero-order valence-electron chi connectivity index (χ0n) is 25.9. The molecule has 0 fully saturated rings. The van der Waals surface area contributed by atoms with Gasteiger partial charge >= 0.3 is 12.2 Å². The highest BCUT2D eigenvalue weighted by molar-refractivity contribution is 7.95. The molecule has 10 heteroatoms. The summed E-state index contributed by atoms with van der Waals surface area (Å²) in [6, 6.07) is 33.1. The maximum absolute atomic E-state index is 10.5. The Kier molecular flexibility index (Phi) is 17.9. The lowest BCUT2D eigenvalue weighted by atomic mass is 10.1. The molecule has 6 nitrogen and oxygen atoms in total. The molecule has 0 aliphatic carbocycles. The Bertz CT molecular complexity index is 1120. The Balaban J connectivity index is 0.000000900. The molecule has 0 saturated heterocycles. The van der Waals surface area contributed by atoms with Gasteiger partial charge in [0.25, 0.3) is 0 Å². The number of carbonyl (C=O) groups excluding carboxylic acids is 2. The largest absolute Gasteiger partial charge is 0.542 e. The van der Waals surface area contributed by atoms with E-state index in [0.29, 0.717) is 6.61 Å². The van der Waals surface area contributed by atoms with E-state index in [9.17, 15) is 18.0 Å². The molecule has 3 aromatic carbocycles. The summed E-state index contributed by atoms with van der Waals surface area (Å²) in [5.74, 6) is -3.01. The van der Waals surface area contributed by atoms with E-state index in [1.54, 1.807) is 0 Å². The van der Waals surface area contributed by atoms with Crippen LogP contribution in [0.3, 0.4) is 0 Å². The molecular weight excluding hydrogens is 600 g/mol. The Morgan fingerprint density at radius 3 is 1.24 bits per heavy atom. The number of hydrogen-bond donors (Lipinski definition) is 2. The monoisotopic (exact) mass is 646 g/mol. The Morgan fingerprint density at radius 2 is 0.933 bits per heavy atom. The fourth-order valence-corrected chi connectivity index (χ4v) is 9.71.